The molecule has 0 atom stereocenters. The molecule has 1 heterocycles. The molecule has 0 amide bonds. The highest BCUT2D eigenvalue weighted by atomic mass is 16.4. The summed E-state index contributed by atoms with van der Waals surface area (Å²) in [5, 5.41) is 9.40. The molecule has 2 aromatic rings. The van der Waals surface area contributed by atoms with E-state index < -0.39 is 5.97 Å². The number of nitrogens with zero attached hydrogens (tertiary/aromatic N) is 3. The number of benzene rings is 1. The highest BCUT2D eigenvalue weighted by molar-refractivity contribution is 6.01. The second kappa shape index (κ2) is 6.26. The van der Waals surface area contributed by atoms with Gasteiger partial charge in [-0.2, -0.15) is 0 Å². The summed E-state index contributed by atoms with van der Waals surface area (Å²) in [5.41, 5.74) is 1.82. The van der Waals surface area contributed by atoms with Gasteiger partial charge in [-0.3, -0.25) is 0 Å². The highest BCUT2D eigenvalue weighted by Crippen LogP contribution is 2.21. The zero-order valence-corrected chi connectivity index (χ0v) is 13.1. The van der Waals surface area contributed by atoms with Gasteiger partial charge < -0.3 is 14.6 Å². The van der Waals surface area contributed by atoms with E-state index in [9.17, 15) is 9.90 Å². The van der Waals surface area contributed by atoms with Crippen LogP contribution in [0.4, 0.5) is 0 Å². The van der Waals surface area contributed by atoms with Crippen molar-refractivity contribution in [2.75, 3.05) is 13.6 Å². The van der Waals surface area contributed by atoms with Gasteiger partial charge >= 0.3 is 5.97 Å². The second-order valence-corrected chi connectivity index (χ2v) is 5.59. The lowest BCUT2D eigenvalue weighted by Gasteiger charge is -2.22. The van der Waals surface area contributed by atoms with E-state index >= 15 is 0 Å². The molecule has 0 aliphatic carbocycles. The molecule has 0 radical (unpaired) electrons. The number of imidazole rings is 1. The number of aryl methyl sites for hydroxylation is 1. The van der Waals surface area contributed by atoms with E-state index in [1.807, 2.05) is 13.0 Å². The second-order valence-electron chi connectivity index (χ2n) is 5.59. The Bertz CT molecular complexity index is 646. The van der Waals surface area contributed by atoms with E-state index in [0.717, 1.165) is 36.4 Å². The number of fused-ring (bicyclic) bond motifs is 1. The first-order valence-electron chi connectivity index (χ1n) is 7.37. The van der Waals surface area contributed by atoms with Crippen molar-refractivity contribution in [1.29, 1.82) is 0 Å². The van der Waals surface area contributed by atoms with Gasteiger partial charge in [-0.1, -0.05) is 13.0 Å². The molecule has 5 heteroatoms. The predicted molar refractivity (Wildman–Crippen MR) is 83.8 cm³/mol. The number of rotatable bonds is 6. The molecule has 1 aromatic heterocycles. The number of aromatic nitrogens is 2. The number of aromatic carboxylic acids is 1. The topological polar surface area (TPSA) is 58.4 Å². The quantitative estimate of drug-likeness (QED) is 0.888. The van der Waals surface area contributed by atoms with Gasteiger partial charge in [0.1, 0.15) is 5.82 Å². The lowest BCUT2D eigenvalue weighted by molar-refractivity contribution is 0.0698. The molecule has 0 saturated heterocycles. The van der Waals surface area contributed by atoms with Gasteiger partial charge in [-0.05, 0) is 33.0 Å². The molecule has 0 aliphatic rings. The molecule has 0 bridgehead atoms. The molecule has 21 heavy (non-hydrogen) atoms. The van der Waals surface area contributed by atoms with E-state index in [1.165, 1.54) is 0 Å². The summed E-state index contributed by atoms with van der Waals surface area (Å²) in [6, 6.07) is 5.74. The maximum Gasteiger partial charge on any atom is 0.337 e. The summed E-state index contributed by atoms with van der Waals surface area (Å²) in [5.74, 6) is 0.0393. The first-order chi connectivity index (χ1) is 9.95. The van der Waals surface area contributed by atoms with Crippen LogP contribution >= 0.6 is 0 Å². The SMILES string of the molecule is CCc1nc2cccc(C(=O)O)c2n1CCN(C)C(C)C. The third kappa shape index (κ3) is 3.08. The third-order valence-corrected chi connectivity index (χ3v) is 3.95. The summed E-state index contributed by atoms with van der Waals surface area (Å²) < 4.78 is 2.05. The monoisotopic (exact) mass is 289 g/mol. The summed E-state index contributed by atoms with van der Waals surface area (Å²) >= 11 is 0. The Labute approximate surface area is 125 Å². The van der Waals surface area contributed by atoms with Crippen LogP contribution in [0.3, 0.4) is 0 Å². The molecule has 2 rings (SSSR count). The Balaban J connectivity index is 2.47. The Morgan fingerprint density at radius 3 is 2.71 bits per heavy atom. The van der Waals surface area contributed by atoms with Crippen molar-refractivity contribution in [1.82, 2.24) is 14.5 Å². The van der Waals surface area contributed by atoms with Gasteiger partial charge in [-0.25, -0.2) is 9.78 Å². The molecular formula is C16H23N3O2. The Kier molecular flexibility index (Phi) is 4.63. The van der Waals surface area contributed by atoms with Crippen LogP contribution < -0.4 is 0 Å². The largest absolute Gasteiger partial charge is 0.478 e. The van der Waals surface area contributed by atoms with Gasteiger partial charge in [-0.15, -0.1) is 0 Å². The van der Waals surface area contributed by atoms with Crippen LogP contribution in [-0.2, 0) is 13.0 Å². The van der Waals surface area contributed by atoms with Crippen molar-refractivity contribution in [3.8, 4) is 0 Å². The molecule has 5 nitrogen and oxygen atoms in total. The average Bonchev–Trinajstić information content (AvgIpc) is 2.81. The fourth-order valence-corrected chi connectivity index (χ4v) is 2.43. The van der Waals surface area contributed by atoms with Crippen molar-refractivity contribution in [2.45, 2.75) is 39.8 Å². The van der Waals surface area contributed by atoms with Crippen LogP contribution in [0.25, 0.3) is 11.0 Å². The molecule has 0 saturated carbocycles. The first-order valence-corrected chi connectivity index (χ1v) is 7.37. The maximum absolute atomic E-state index is 11.5. The summed E-state index contributed by atoms with van der Waals surface area (Å²) in [7, 11) is 2.08. The van der Waals surface area contributed by atoms with Crippen molar-refractivity contribution in [3.63, 3.8) is 0 Å². The third-order valence-electron chi connectivity index (χ3n) is 3.95. The normalized spacial score (nSPS) is 11.7. The van der Waals surface area contributed by atoms with Crippen LogP contribution in [0.2, 0.25) is 0 Å². The van der Waals surface area contributed by atoms with Gasteiger partial charge in [0.05, 0.1) is 16.6 Å². The zero-order chi connectivity index (χ0) is 15.6. The standard InChI is InChI=1S/C16H23N3O2/c1-5-14-17-13-8-6-7-12(16(20)21)15(13)19(14)10-9-18(4)11(2)3/h6-8,11H,5,9-10H2,1-4H3,(H,20,21). The van der Waals surface area contributed by atoms with Crippen molar-refractivity contribution >= 4 is 17.0 Å². The molecule has 0 fully saturated rings. The molecule has 1 N–H and O–H groups in total. The van der Waals surface area contributed by atoms with Gasteiger partial charge in [0.2, 0.25) is 0 Å². The summed E-state index contributed by atoms with van der Waals surface area (Å²) in [4.78, 5) is 18.3. The highest BCUT2D eigenvalue weighted by Gasteiger charge is 2.17. The number of hydrogen-bond acceptors (Lipinski definition) is 3. The van der Waals surface area contributed by atoms with Crippen LogP contribution in [-0.4, -0.2) is 45.2 Å². The average molecular weight is 289 g/mol. The molecule has 0 spiro atoms. The summed E-state index contributed by atoms with van der Waals surface area (Å²) in [6.07, 6.45) is 0.791. The minimum absolute atomic E-state index is 0.326. The fraction of sp³-hybridized carbons (Fsp3) is 0.500. The molecular weight excluding hydrogens is 266 g/mol. The number of carboxylic acids is 1. The van der Waals surface area contributed by atoms with Gasteiger partial charge in [0.15, 0.2) is 0 Å². The molecule has 0 unspecified atom stereocenters. The van der Waals surface area contributed by atoms with E-state index in [4.69, 9.17) is 0 Å². The van der Waals surface area contributed by atoms with Crippen molar-refractivity contribution in [3.05, 3.63) is 29.6 Å². The van der Waals surface area contributed by atoms with Crippen molar-refractivity contribution < 1.29 is 9.90 Å². The fourth-order valence-electron chi connectivity index (χ4n) is 2.43. The van der Waals surface area contributed by atoms with Crippen LogP contribution in [0.5, 0.6) is 0 Å². The smallest absolute Gasteiger partial charge is 0.337 e. The van der Waals surface area contributed by atoms with E-state index in [2.05, 4.69) is 35.3 Å². The Morgan fingerprint density at radius 1 is 1.43 bits per heavy atom. The minimum Gasteiger partial charge on any atom is -0.478 e. The lowest BCUT2D eigenvalue weighted by atomic mass is 10.2. The maximum atomic E-state index is 11.5. The number of hydrogen-bond donors (Lipinski definition) is 1. The first kappa shape index (κ1) is 15.5. The van der Waals surface area contributed by atoms with Gasteiger partial charge in [0, 0.05) is 25.6 Å². The molecule has 114 valence electrons. The van der Waals surface area contributed by atoms with Gasteiger partial charge in [0.25, 0.3) is 0 Å². The predicted octanol–water partition coefficient (Wildman–Crippen LogP) is 2.64. The van der Waals surface area contributed by atoms with Crippen molar-refractivity contribution in [2.24, 2.45) is 0 Å². The van der Waals surface area contributed by atoms with E-state index in [0.29, 0.717) is 11.6 Å². The Hall–Kier alpha value is -1.88. The number of carboxylic acid groups (broad SMARTS) is 1. The van der Waals surface area contributed by atoms with E-state index in [1.54, 1.807) is 12.1 Å². The number of para-hydroxylation sites is 1. The summed E-state index contributed by atoms with van der Waals surface area (Å²) in [6.45, 7) is 7.96. The number of likely N-dealkylation sites (N-methyl/N-ethyl adjacent to an activating group) is 1. The lowest BCUT2D eigenvalue weighted by Crippen LogP contribution is -2.30. The Morgan fingerprint density at radius 2 is 2.14 bits per heavy atom. The molecule has 0 aliphatic heterocycles. The van der Waals surface area contributed by atoms with Crippen LogP contribution in [0.15, 0.2) is 18.2 Å². The van der Waals surface area contributed by atoms with Crippen LogP contribution in [0.1, 0.15) is 37.0 Å². The minimum atomic E-state index is -0.901. The van der Waals surface area contributed by atoms with Crippen LogP contribution in [0, 0.1) is 0 Å². The molecule has 1 aromatic carbocycles. The zero-order valence-electron chi connectivity index (χ0n) is 13.1. The van der Waals surface area contributed by atoms with E-state index in [-0.39, 0.29) is 0 Å². The number of carbonyl (C=O) groups is 1.